The van der Waals surface area contributed by atoms with Crippen LogP contribution >= 0.6 is 35.6 Å². The van der Waals surface area contributed by atoms with Crippen molar-refractivity contribution >= 4 is 47.4 Å². The lowest BCUT2D eigenvalue weighted by Gasteiger charge is -2.46. The predicted octanol–water partition coefficient (Wildman–Crippen LogP) is 8.03. The van der Waals surface area contributed by atoms with E-state index >= 15 is 0 Å². The van der Waals surface area contributed by atoms with E-state index in [-0.39, 0.29) is 78.9 Å². The molecule has 1 N–H and O–H groups in total. The highest BCUT2D eigenvalue weighted by Crippen LogP contribution is 2.48. The average molecular weight is 867 g/mol. The third-order valence-electron chi connectivity index (χ3n) is 11.4. The summed E-state index contributed by atoms with van der Waals surface area (Å²) >= 11 is 12.7. The van der Waals surface area contributed by atoms with Gasteiger partial charge in [-0.1, -0.05) is 53.5 Å². The van der Waals surface area contributed by atoms with Gasteiger partial charge in [0.15, 0.2) is 0 Å². The summed E-state index contributed by atoms with van der Waals surface area (Å²) in [6.45, 7) is 1.85. The Bertz CT molecular complexity index is 1880. The standard InChI is InChI=1S/C40H43Cl2F6N3O5.ClH/c1-49(12-4-17-52)35(53)24-55-34-21-26-5-2-3-6-31(26)37(34)9-13-50(14-10-37)15-11-38(28-7-8-32(41)33(42)23-28)25-51(16-18-56-38)36(54)27-19-29(39(43,44)45)22-30(20-27)40(46,47)48;/h2-3,5-8,19-20,22-23,34,52H,4,9-18,21,24-25H2,1H3;1H/t34-,38-;/m0./s1. The Morgan fingerprint density at radius 3 is 2.25 bits per heavy atom. The smallest absolute Gasteiger partial charge is 0.396 e. The summed E-state index contributed by atoms with van der Waals surface area (Å²) in [4.78, 5) is 31.7. The first-order valence-corrected chi connectivity index (χ1v) is 19.2. The lowest BCUT2D eigenvalue weighted by atomic mass is 9.72. The second kappa shape index (κ2) is 18.0. The first-order chi connectivity index (χ1) is 26.5. The number of benzene rings is 3. The Hall–Kier alpha value is -3.11. The molecule has 2 amide bonds. The van der Waals surface area contributed by atoms with Crippen molar-refractivity contribution in [2.75, 3.05) is 66.1 Å². The van der Waals surface area contributed by atoms with Crippen LogP contribution in [-0.4, -0.2) is 104 Å². The van der Waals surface area contributed by atoms with Crippen LogP contribution in [0, 0.1) is 0 Å². The number of morpholine rings is 1. The lowest BCUT2D eigenvalue weighted by Crippen LogP contribution is -2.54. The van der Waals surface area contributed by atoms with Crippen molar-refractivity contribution in [2.24, 2.45) is 0 Å². The monoisotopic (exact) mass is 865 g/mol. The third-order valence-corrected chi connectivity index (χ3v) is 12.1. The summed E-state index contributed by atoms with van der Waals surface area (Å²) in [6.07, 6.45) is -7.55. The SMILES string of the molecule is CN(CCCO)C(=O)CO[C@H]1Cc2ccccc2C12CCN(CC[C@@]1(c3ccc(Cl)c(Cl)c3)CN(C(=O)c3cc(C(F)(F)F)cc(C(F)(F)F)c3)CCO1)CC2.Cl. The maximum atomic E-state index is 13.8. The Kier molecular flexibility index (Phi) is 14.2. The van der Waals surface area contributed by atoms with Gasteiger partial charge in [0.05, 0.1) is 40.4 Å². The van der Waals surface area contributed by atoms with Gasteiger partial charge >= 0.3 is 12.4 Å². The number of carbonyl (C=O) groups is 2. The van der Waals surface area contributed by atoms with E-state index in [2.05, 4.69) is 17.0 Å². The van der Waals surface area contributed by atoms with Gasteiger partial charge in [-0.2, -0.15) is 26.3 Å². The molecule has 2 atom stereocenters. The number of amides is 2. The highest BCUT2D eigenvalue weighted by Gasteiger charge is 2.50. The number of alkyl halides is 6. The van der Waals surface area contributed by atoms with E-state index in [4.69, 9.17) is 37.8 Å². The van der Waals surface area contributed by atoms with Gasteiger partial charge in [0.1, 0.15) is 12.2 Å². The number of aliphatic hydroxyl groups is 1. The predicted molar refractivity (Wildman–Crippen MR) is 205 cm³/mol. The van der Waals surface area contributed by atoms with E-state index in [9.17, 15) is 35.9 Å². The zero-order valence-corrected chi connectivity index (χ0v) is 33.4. The van der Waals surface area contributed by atoms with Crippen LogP contribution in [0.15, 0.2) is 60.7 Å². The van der Waals surface area contributed by atoms with Crippen molar-refractivity contribution in [2.45, 2.75) is 61.6 Å². The van der Waals surface area contributed by atoms with Gasteiger partial charge in [0, 0.05) is 44.3 Å². The number of hydrogen-bond acceptors (Lipinski definition) is 6. The molecule has 2 fully saturated rings. The molecule has 0 radical (unpaired) electrons. The molecule has 0 aromatic heterocycles. The second-order valence-corrected chi connectivity index (χ2v) is 15.6. The number of nitrogens with zero attached hydrogens (tertiary/aromatic N) is 3. The molecule has 3 aromatic rings. The van der Waals surface area contributed by atoms with Crippen LogP contribution in [0.3, 0.4) is 0 Å². The Morgan fingerprint density at radius 1 is 0.947 bits per heavy atom. The molecule has 3 aromatic carbocycles. The summed E-state index contributed by atoms with van der Waals surface area (Å²) in [7, 11) is 1.68. The summed E-state index contributed by atoms with van der Waals surface area (Å²) in [6, 6.07) is 14.0. The van der Waals surface area contributed by atoms with E-state index in [1.807, 2.05) is 12.1 Å². The lowest BCUT2D eigenvalue weighted by molar-refractivity contribution is -0.143. The number of fused-ring (bicyclic) bond motifs is 2. The van der Waals surface area contributed by atoms with Crippen molar-refractivity contribution < 1.29 is 50.5 Å². The molecular weight excluding hydrogens is 823 g/mol. The van der Waals surface area contributed by atoms with Gasteiger partial charge in [-0.15, -0.1) is 12.4 Å². The molecule has 1 spiro atoms. The maximum Gasteiger partial charge on any atom is 0.416 e. The summed E-state index contributed by atoms with van der Waals surface area (Å²) in [5.41, 5.74) is -2.49. The highest BCUT2D eigenvalue weighted by atomic mass is 35.5. The fourth-order valence-corrected chi connectivity index (χ4v) is 8.56. The van der Waals surface area contributed by atoms with Gasteiger partial charge in [-0.25, -0.2) is 0 Å². The summed E-state index contributed by atoms with van der Waals surface area (Å²) < 4.78 is 94.9. The maximum absolute atomic E-state index is 13.8. The number of likely N-dealkylation sites (N-methyl/N-ethyl adjacent to an activating group) is 1. The molecule has 8 nitrogen and oxygen atoms in total. The fourth-order valence-electron chi connectivity index (χ4n) is 8.26. The van der Waals surface area contributed by atoms with Crippen LogP contribution in [-0.2, 0) is 44.1 Å². The number of hydrogen-bond donors (Lipinski definition) is 1. The number of piperidine rings is 1. The molecule has 6 rings (SSSR count). The van der Waals surface area contributed by atoms with E-state index in [1.54, 1.807) is 30.1 Å². The highest BCUT2D eigenvalue weighted by molar-refractivity contribution is 6.42. The third kappa shape index (κ3) is 9.86. The number of ether oxygens (including phenoxy) is 2. The number of aliphatic hydroxyl groups excluding tert-OH is 1. The van der Waals surface area contributed by atoms with Crippen LogP contribution in [0.4, 0.5) is 26.3 Å². The minimum Gasteiger partial charge on any atom is -0.396 e. The van der Waals surface area contributed by atoms with Crippen LogP contribution in [0.2, 0.25) is 10.0 Å². The Morgan fingerprint density at radius 2 is 1.61 bits per heavy atom. The molecule has 0 bridgehead atoms. The minimum atomic E-state index is -5.11. The van der Waals surface area contributed by atoms with Gasteiger partial charge in [-0.3, -0.25) is 9.59 Å². The van der Waals surface area contributed by atoms with Crippen LogP contribution in [0.5, 0.6) is 0 Å². The van der Waals surface area contributed by atoms with E-state index in [1.165, 1.54) is 16.0 Å². The molecule has 17 heteroatoms. The molecule has 312 valence electrons. The molecule has 1 aliphatic carbocycles. The number of halogens is 9. The molecule has 0 saturated carbocycles. The summed E-state index contributed by atoms with van der Waals surface area (Å²) in [5, 5.41) is 9.65. The Labute approximate surface area is 343 Å². The molecule has 3 aliphatic rings. The molecule has 2 aliphatic heterocycles. The van der Waals surface area contributed by atoms with Crippen molar-refractivity contribution in [3.05, 3.63) is 104 Å². The van der Waals surface area contributed by atoms with Crippen molar-refractivity contribution in [1.29, 1.82) is 0 Å². The van der Waals surface area contributed by atoms with Gasteiger partial charge in [-0.05, 0) is 92.2 Å². The number of carbonyl (C=O) groups excluding carboxylic acids is 2. The zero-order chi connectivity index (χ0) is 40.5. The van der Waals surface area contributed by atoms with Crippen LogP contribution in [0.1, 0.15) is 63.9 Å². The minimum absolute atomic E-state index is 0. The normalized spacial score (nSPS) is 20.9. The van der Waals surface area contributed by atoms with E-state index in [0.29, 0.717) is 63.1 Å². The molecule has 2 saturated heterocycles. The van der Waals surface area contributed by atoms with Crippen LogP contribution < -0.4 is 0 Å². The topological polar surface area (TPSA) is 82.5 Å². The number of likely N-dealkylation sites (tertiary alicyclic amines) is 1. The molecule has 2 heterocycles. The molecular formula is C40H44Cl3F6N3O5. The fraction of sp³-hybridized carbons (Fsp3) is 0.500. The quantitative estimate of drug-likeness (QED) is 0.197. The molecule has 0 unspecified atom stereocenters. The van der Waals surface area contributed by atoms with E-state index in [0.717, 1.165) is 12.8 Å². The Balaban J connectivity index is 0.00000620. The van der Waals surface area contributed by atoms with Crippen molar-refractivity contribution in [3.8, 4) is 0 Å². The first kappa shape index (κ1) is 45.0. The van der Waals surface area contributed by atoms with Gasteiger partial charge in [0.2, 0.25) is 5.91 Å². The van der Waals surface area contributed by atoms with Crippen molar-refractivity contribution in [3.63, 3.8) is 0 Å². The summed E-state index contributed by atoms with van der Waals surface area (Å²) in [5.74, 6) is -1.15. The number of rotatable bonds is 11. The van der Waals surface area contributed by atoms with Crippen LogP contribution in [0.25, 0.3) is 0 Å². The zero-order valence-electron chi connectivity index (χ0n) is 31.1. The second-order valence-electron chi connectivity index (χ2n) is 14.8. The largest absolute Gasteiger partial charge is 0.416 e. The van der Waals surface area contributed by atoms with Gasteiger partial charge in [0.25, 0.3) is 5.91 Å². The molecule has 57 heavy (non-hydrogen) atoms. The van der Waals surface area contributed by atoms with Gasteiger partial charge < -0.3 is 29.3 Å². The van der Waals surface area contributed by atoms with E-state index < -0.39 is 40.6 Å². The first-order valence-electron chi connectivity index (χ1n) is 18.4. The average Bonchev–Trinajstić information content (AvgIpc) is 3.47. The van der Waals surface area contributed by atoms with Crippen molar-refractivity contribution in [1.82, 2.24) is 14.7 Å².